The Labute approximate surface area is 167 Å². The Bertz CT molecular complexity index is 1030. The average Bonchev–Trinajstić information content (AvgIpc) is 3.11. The summed E-state index contributed by atoms with van der Waals surface area (Å²) in [4.78, 5) is 28.7. The fraction of sp³-hybridized carbons (Fsp3) is 0.318. The number of amides is 1. The first-order valence-electron chi connectivity index (χ1n) is 9.52. The normalized spacial score (nSPS) is 19.5. The fourth-order valence-electron chi connectivity index (χ4n) is 3.83. The van der Waals surface area contributed by atoms with Crippen molar-refractivity contribution in [1.29, 1.82) is 0 Å². The number of aryl methyl sites for hydroxylation is 1. The van der Waals surface area contributed by atoms with Crippen LogP contribution in [0.1, 0.15) is 31.2 Å². The van der Waals surface area contributed by atoms with Gasteiger partial charge in [-0.05, 0) is 61.7 Å². The predicted molar refractivity (Wildman–Crippen MR) is 112 cm³/mol. The van der Waals surface area contributed by atoms with Gasteiger partial charge in [-0.15, -0.1) is 11.3 Å². The van der Waals surface area contributed by atoms with Crippen molar-refractivity contribution in [1.82, 2.24) is 4.98 Å². The summed E-state index contributed by atoms with van der Waals surface area (Å²) >= 11 is 1.65. The molecule has 2 aromatic carbocycles. The zero-order valence-corrected chi connectivity index (χ0v) is 16.5. The summed E-state index contributed by atoms with van der Waals surface area (Å²) in [5, 5.41) is 13.2. The molecule has 1 aliphatic rings. The molecule has 1 amide bonds. The molecule has 2 N–H and O–H groups in total. The van der Waals surface area contributed by atoms with E-state index < -0.39 is 17.8 Å². The van der Waals surface area contributed by atoms with Gasteiger partial charge in [-0.3, -0.25) is 9.59 Å². The zero-order chi connectivity index (χ0) is 19.7. The van der Waals surface area contributed by atoms with Crippen molar-refractivity contribution in [3.8, 4) is 10.6 Å². The highest BCUT2D eigenvalue weighted by atomic mass is 32.1. The minimum absolute atomic E-state index is 0.199. The summed E-state index contributed by atoms with van der Waals surface area (Å²) in [6, 6.07) is 13.8. The first-order valence-corrected chi connectivity index (χ1v) is 10.3. The van der Waals surface area contributed by atoms with Gasteiger partial charge in [0.1, 0.15) is 5.01 Å². The third-order valence-corrected chi connectivity index (χ3v) is 6.43. The van der Waals surface area contributed by atoms with Crippen molar-refractivity contribution in [2.24, 2.45) is 11.8 Å². The molecule has 0 radical (unpaired) electrons. The minimum Gasteiger partial charge on any atom is -0.481 e. The number of hydrogen-bond donors (Lipinski definition) is 2. The molecule has 0 aliphatic heterocycles. The minimum atomic E-state index is -0.874. The Morgan fingerprint density at radius 3 is 2.50 bits per heavy atom. The lowest BCUT2D eigenvalue weighted by Crippen LogP contribution is -2.36. The van der Waals surface area contributed by atoms with Crippen LogP contribution in [0.4, 0.5) is 5.69 Å². The second-order valence-corrected chi connectivity index (χ2v) is 8.42. The number of carbonyl (C=O) groups excluding carboxylic acids is 1. The summed E-state index contributed by atoms with van der Waals surface area (Å²) < 4.78 is 1.16. The van der Waals surface area contributed by atoms with E-state index in [1.165, 1.54) is 5.56 Å². The van der Waals surface area contributed by atoms with Gasteiger partial charge in [0.25, 0.3) is 0 Å². The molecule has 5 nitrogen and oxygen atoms in total. The van der Waals surface area contributed by atoms with Crippen LogP contribution in [0.2, 0.25) is 0 Å². The van der Waals surface area contributed by atoms with Gasteiger partial charge in [0.2, 0.25) is 5.91 Å². The molecular formula is C22H22N2O3S. The van der Waals surface area contributed by atoms with E-state index in [0.717, 1.165) is 33.6 Å². The van der Waals surface area contributed by atoms with Crippen molar-refractivity contribution in [2.75, 3.05) is 5.32 Å². The monoisotopic (exact) mass is 394 g/mol. The van der Waals surface area contributed by atoms with Crippen LogP contribution in [0.15, 0.2) is 42.5 Å². The lowest BCUT2D eigenvalue weighted by Gasteiger charge is -2.27. The number of nitrogens with one attached hydrogen (secondary N) is 1. The highest BCUT2D eigenvalue weighted by Gasteiger charge is 2.35. The zero-order valence-electron chi connectivity index (χ0n) is 15.6. The maximum Gasteiger partial charge on any atom is 0.307 e. The smallest absolute Gasteiger partial charge is 0.307 e. The highest BCUT2D eigenvalue weighted by molar-refractivity contribution is 7.21. The number of fused-ring (bicyclic) bond motifs is 1. The number of aromatic nitrogens is 1. The van der Waals surface area contributed by atoms with Gasteiger partial charge in [-0.1, -0.05) is 18.9 Å². The molecule has 144 valence electrons. The highest BCUT2D eigenvalue weighted by Crippen LogP contribution is 2.33. The number of rotatable bonds is 4. The molecule has 0 bridgehead atoms. The average molecular weight is 394 g/mol. The fourth-order valence-corrected chi connectivity index (χ4v) is 4.90. The van der Waals surface area contributed by atoms with E-state index in [-0.39, 0.29) is 5.91 Å². The summed E-state index contributed by atoms with van der Waals surface area (Å²) in [5.74, 6) is -2.12. The SMILES string of the molecule is Cc1ccc2nc(-c3ccc(NC(=O)[C@@H]4CCCC[C@H]4C(=O)O)cc3)sc2c1. The van der Waals surface area contributed by atoms with Crippen molar-refractivity contribution in [3.05, 3.63) is 48.0 Å². The number of carboxylic acids is 1. The first-order chi connectivity index (χ1) is 13.5. The number of thiazole rings is 1. The van der Waals surface area contributed by atoms with Crippen LogP contribution >= 0.6 is 11.3 Å². The molecule has 1 saturated carbocycles. The van der Waals surface area contributed by atoms with E-state index in [1.54, 1.807) is 11.3 Å². The Morgan fingerprint density at radius 1 is 1.07 bits per heavy atom. The number of anilines is 1. The van der Waals surface area contributed by atoms with E-state index in [4.69, 9.17) is 0 Å². The first kappa shape index (κ1) is 18.6. The molecule has 2 atom stereocenters. The number of hydrogen-bond acceptors (Lipinski definition) is 4. The Balaban J connectivity index is 1.49. The van der Waals surface area contributed by atoms with Crippen molar-refractivity contribution in [2.45, 2.75) is 32.6 Å². The van der Waals surface area contributed by atoms with Gasteiger partial charge in [-0.25, -0.2) is 4.98 Å². The molecule has 1 fully saturated rings. The van der Waals surface area contributed by atoms with Crippen LogP contribution < -0.4 is 5.32 Å². The number of carboxylic acid groups (broad SMARTS) is 1. The van der Waals surface area contributed by atoms with Crippen LogP contribution in [0.5, 0.6) is 0 Å². The molecule has 28 heavy (non-hydrogen) atoms. The topological polar surface area (TPSA) is 79.3 Å². The van der Waals surface area contributed by atoms with Crippen LogP contribution in [-0.2, 0) is 9.59 Å². The van der Waals surface area contributed by atoms with Crippen LogP contribution in [0.3, 0.4) is 0 Å². The van der Waals surface area contributed by atoms with Gasteiger partial charge in [0.05, 0.1) is 22.1 Å². The maximum atomic E-state index is 12.6. The van der Waals surface area contributed by atoms with Crippen molar-refractivity contribution >= 4 is 39.1 Å². The van der Waals surface area contributed by atoms with Gasteiger partial charge in [-0.2, -0.15) is 0 Å². The standard InChI is InChI=1S/C22H22N2O3S/c1-13-6-11-18-19(12-13)28-21(24-18)14-7-9-15(10-8-14)23-20(25)16-4-2-3-5-17(16)22(26)27/h6-12,16-17H,2-5H2,1H3,(H,23,25)(H,26,27)/t16-,17-/m1/s1. The van der Waals surface area contributed by atoms with E-state index in [0.29, 0.717) is 18.5 Å². The Morgan fingerprint density at radius 2 is 1.79 bits per heavy atom. The molecular weight excluding hydrogens is 372 g/mol. The summed E-state index contributed by atoms with van der Waals surface area (Å²) in [5.41, 5.74) is 3.88. The summed E-state index contributed by atoms with van der Waals surface area (Å²) in [6.45, 7) is 2.07. The van der Waals surface area contributed by atoms with Crippen molar-refractivity contribution in [3.63, 3.8) is 0 Å². The number of aliphatic carboxylic acids is 1. The van der Waals surface area contributed by atoms with E-state index in [1.807, 2.05) is 30.3 Å². The Kier molecular flexibility index (Phi) is 5.13. The van der Waals surface area contributed by atoms with E-state index in [2.05, 4.69) is 29.4 Å². The van der Waals surface area contributed by atoms with Crippen LogP contribution in [0, 0.1) is 18.8 Å². The lowest BCUT2D eigenvalue weighted by atomic mass is 9.78. The van der Waals surface area contributed by atoms with Gasteiger partial charge in [0, 0.05) is 11.3 Å². The predicted octanol–water partition coefficient (Wildman–Crippen LogP) is 5.10. The molecule has 4 rings (SSSR count). The van der Waals surface area contributed by atoms with Gasteiger partial charge < -0.3 is 10.4 Å². The van der Waals surface area contributed by atoms with E-state index >= 15 is 0 Å². The largest absolute Gasteiger partial charge is 0.481 e. The second kappa shape index (κ2) is 7.72. The summed E-state index contributed by atoms with van der Waals surface area (Å²) in [7, 11) is 0. The van der Waals surface area contributed by atoms with Gasteiger partial charge >= 0.3 is 5.97 Å². The molecule has 0 unspecified atom stereocenters. The molecule has 1 heterocycles. The molecule has 1 aromatic heterocycles. The molecule has 0 spiro atoms. The molecule has 1 aliphatic carbocycles. The molecule has 6 heteroatoms. The van der Waals surface area contributed by atoms with Crippen LogP contribution in [-0.4, -0.2) is 22.0 Å². The number of benzene rings is 2. The number of carbonyl (C=O) groups is 2. The van der Waals surface area contributed by atoms with Crippen molar-refractivity contribution < 1.29 is 14.7 Å². The molecule has 3 aromatic rings. The summed E-state index contributed by atoms with van der Waals surface area (Å²) in [6.07, 6.45) is 2.98. The quantitative estimate of drug-likeness (QED) is 0.645. The lowest BCUT2D eigenvalue weighted by molar-refractivity contribution is -0.147. The van der Waals surface area contributed by atoms with E-state index in [9.17, 15) is 14.7 Å². The Hall–Kier alpha value is -2.73. The number of nitrogens with zero attached hydrogens (tertiary/aromatic N) is 1. The van der Waals surface area contributed by atoms with Gasteiger partial charge in [0.15, 0.2) is 0 Å². The second-order valence-electron chi connectivity index (χ2n) is 7.39. The molecule has 0 saturated heterocycles. The van der Waals surface area contributed by atoms with Crippen LogP contribution in [0.25, 0.3) is 20.8 Å². The third kappa shape index (κ3) is 3.78. The maximum absolute atomic E-state index is 12.6. The third-order valence-electron chi connectivity index (χ3n) is 5.36.